The lowest BCUT2D eigenvalue weighted by Crippen LogP contribution is -2.47. The fraction of sp³-hybridized carbons (Fsp3) is 0.579. The molecule has 5 heteroatoms. The molecular weight excluding hydrogens is 304 g/mol. The number of carboxylic acid groups (broad SMARTS) is 1. The Morgan fingerprint density at radius 1 is 1.21 bits per heavy atom. The fourth-order valence-corrected chi connectivity index (χ4v) is 3.18. The van der Waals surface area contributed by atoms with Gasteiger partial charge in [-0.05, 0) is 43.8 Å². The zero-order valence-corrected chi connectivity index (χ0v) is 14.6. The zero-order chi connectivity index (χ0) is 17.5. The molecule has 1 atom stereocenters. The third kappa shape index (κ3) is 5.64. The first-order chi connectivity index (χ1) is 11.5. The van der Waals surface area contributed by atoms with Gasteiger partial charge in [0.1, 0.15) is 6.04 Å². The maximum Gasteiger partial charge on any atom is 0.326 e. The molecule has 1 aromatic rings. The summed E-state index contributed by atoms with van der Waals surface area (Å²) in [5, 5.41) is 12.0. The number of carbonyl (C=O) groups is 2. The normalized spacial score (nSPS) is 17.6. The van der Waals surface area contributed by atoms with Gasteiger partial charge in [0.2, 0.25) is 5.91 Å². The van der Waals surface area contributed by atoms with Crippen molar-refractivity contribution >= 4 is 11.9 Å². The van der Waals surface area contributed by atoms with Gasteiger partial charge < -0.3 is 10.4 Å². The number of amides is 1. The Hall–Kier alpha value is -1.88. The monoisotopic (exact) mass is 332 g/mol. The van der Waals surface area contributed by atoms with Gasteiger partial charge in [-0.2, -0.15) is 0 Å². The van der Waals surface area contributed by atoms with Crippen LogP contribution in [0.2, 0.25) is 0 Å². The van der Waals surface area contributed by atoms with Crippen LogP contribution in [0.25, 0.3) is 0 Å². The molecule has 1 aliphatic heterocycles. The van der Waals surface area contributed by atoms with E-state index < -0.39 is 12.0 Å². The number of hydrogen-bond acceptors (Lipinski definition) is 3. The van der Waals surface area contributed by atoms with Crippen LogP contribution in [0.4, 0.5) is 0 Å². The van der Waals surface area contributed by atoms with Crippen molar-refractivity contribution in [1.29, 1.82) is 0 Å². The third-order valence-electron chi connectivity index (χ3n) is 4.53. The fourth-order valence-electron chi connectivity index (χ4n) is 3.18. The molecule has 1 amide bonds. The Balaban J connectivity index is 1.80. The first-order valence-corrected chi connectivity index (χ1v) is 8.75. The second-order valence-corrected chi connectivity index (χ2v) is 7.06. The molecule has 1 aliphatic rings. The molecule has 0 aliphatic carbocycles. The molecule has 24 heavy (non-hydrogen) atoms. The van der Waals surface area contributed by atoms with E-state index >= 15 is 0 Å². The van der Waals surface area contributed by atoms with E-state index in [0.717, 1.165) is 32.5 Å². The molecule has 0 aromatic heterocycles. The first kappa shape index (κ1) is 18.5. The Labute approximate surface area is 144 Å². The highest BCUT2D eigenvalue weighted by Crippen LogP contribution is 2.20. The minimum atomic E-state index is -0.946. The average Bonchev–Trinajstić information content (AvgIpc) is 2.55. The van der Waals surface area contributed by atoms with Crippen LogP contribution in [0, 0.1) is 11.8 Å². The third-order valence-corrected chi connectivity index (χ3v) is 4.53. The van der Waals surface area contributed by atoms with E-state index in [1.807, 2.05) is 32.0 Å². The predicted molar refractivity (Wildman–Crippen MR) is 93.5 cm³/mol. The van der Waals surface area contributed by atoms with E-state index in [1.165, 1.54) is 5.56 Å². The van der Waals surface area contributed by atoms with Crippen LogP contribution in [0.15, 0.2) is 30.3 Å². The first-order valence-electron chi connectivity index (χ1n) is 8.75. The van der Waals surface area contributed by atoms with E-state index in [4.69, 9.17) is 0 Å². The SMILES string of the molecule is CC(C)C[C@H](NC(=O)C1CCN(Cc2ccccc2)CC1)C(=O)O. The van der Waals surface area contributed by atoms with E-state index in [-0.39, 0.29) is 17.7 Å². The molecule has 2 N–H and O–H groups in total. The highest BCUT2D eigenvalue weighted by atomic mass is 16.4. The highest BCUT2D eigenvalue weighted by Gasteiger charge is 2.28. The van der Waals surface area contributed by atoms with Gasteiger partial charge in [0.05, 0.1) is 0 Å². The van der Waals surface area contributed by atoms with E-state index in [9.17, 15) is 14.7 Å². The number of carbonyl (C=O) groups excluding carboxylic acids is 1. The molecule has 0 spiro atoms. The molecule has 1 saturated heterocycles. The molecule has 5 nitrogen and oxygen atoms in total. The number of aliphatic carboxylic acids is 1. The summed E-state index contributed by atoms with van der Waals surface area (Å²) in [4.78, 5) is 26.0. The lowest BCUT2D eigenvalue weighted by molar-refractivity contribution is -0.143. The Morgan fingerprint density at radius 3 is 2.38 bits per heavy atom. The van der Waals surface area contributed by atoms with Crippen LogP contribution in [0.3, 0.4) is 0 Å². The number of piperidine rings is 1. The molecule has 0 radical (unpaired) electrons. The molecule has 0 saturated carbocycles. The van der Waals surface area contributed by atoms with Gasteiger partial charge in [-0.1, -0.05) is 44.2 Å². The smallest absolute Gasteiger partial charge is 0.326 e. The number of hydrogen-bond donors (Lipinski definition) is 2. The van der Waals surface area contributed by atoms with Crippen molar-refractivity contribution < 1.29 is 14.7 Å². The van der Waals surface area contributed by atoms with Crippen molar-refractivity contribution in [2.45, 2.75) is 45.7 Å². The quantitative estimate of drug-likeness (QED) is 0.805. The summed E-state index contributed by atoms with van der Waals surface area (Å²) in [5.74, 6) is -0.897. The lowest BCUT2D eigenvalue weighted by Gasteiger charge is -2.32. The molecule has 0 bridgehead atoms. The summed E-state index contributed by atoms with van der Waals surface area (Å²) in [5.41, 5.74) is 1.28. The van der Waals surface area contributed by atoms with Crippen LogP contribution >= 0.6 is 0 Å². The van der Waals surface area contributed by atoms with Crippen LogP contribution in [0.5, 0.6) is 0 Å². The van der Waals surface area contributed by atoms with E-state index in [2.05, 4.69) is 22.3 Å². The summed E-state index contributed by atoms with van der Waals surface area (Å²) in [6, 6.07) is 9.53. The average molecular weight is 332 g/mol. The van der Waals surface area contributed by atoms with Crippen LogP contribution in [-0.4, -0.2) is 41.0 Å². The van der Waals surface area contributed by atoms with Crippen molar-refractivity contribution in [3.8, 4) is 0 Å². The Morgan fingerprint density at radius 2 is 1.83 bits per heavy atom. The van der Waals surface area contributed by atoms with Gasteiger partial charge in [-0.25, -0.2) is 4.79 Å². The Bertz CT molecular complexity index is 537. The molecule has 132 valence electrons. The number of rotatable bonds is 7. The second-order valence-electron chi connectivity index (χ2n) is 7.06. The highest BCUT2D eigenvalue weighted by molar-refractivity contribution is 5.85. The molecule has 2 rings (SSSR count). The number of nitrogens with one attached hydrogen (secondary N) is 1. The van der Waals surface area contributed by atoms with E-state index in [1.54, 1.807) is 0 Å². The van der Waals surface area contributed by atoms with Gasteiger partial charge in [0, 0.05) is 12.5 Å². The van der Waals surface area contributed by atoms with Gasteiger partial charge in [-0.15, -0.1) is 0 Å². The van der Waals surface area contributed by atoms with E-state index in [0.29, 0.717) is 6.42 Å². The molecule has 0 unspecified atom stereocenters. The summed E-state index contributed by atoms with van der Waals surface area (Å²) < 4.78 is 0. The second kappa shape index (κ2) is 8.83. The summed E-state index contributed by atoms with van der Waals surface area (Å²) in [7, 11) is 0. The molecule has 1 aromatic carbocycles. The van der Waals surface area contributed by atoms with Crippen molar-refractivity contribution in [2.24, 2.45) is 11.8 Å². The van der Waals surface area contributed by atoms with Crippen molar-refractivity contribution in [3.05, 3.63) is 35.9 Å². The minimum absolute atomic E-state index is 0.0777. The lowest BCUT2D eigenvalue weighted by atomic mass is 9.94. The topological polar surface area (TPSA) is 69.6 Å². The molecular formula is C19H28N2O3. The van der Waals surface area contributed by atoms with Gasteiger partial charge in [0.25, 0.3) is 0 Å². The standard InChI is InChI=1S/C19H28N2O3/c1-14(2)12-17(19(23)24)20-18(22)16-8-10-21(11-9-16)13-15-6-4-3-5-7-15/h3-7,14,16-17H,8-13H2,1-2H3,(H,20,22)(H,23,24)/t17-/m0/s1. The maximum atomic E-state index is 12.4. The number of carboxylic acids is 1. The largest absolute Gasteiger partial charge is 0.480 e. The van der Waals surface area contributed by atoms with Gasteiger partial charge in [-0.3, -0.25) is 9.69 Å². The number of likely N-dealkylation sites (tertiary alicyclic amines) is 1. The van der Waals surface area contributed by atoms with Gasteiger partial charge >= 0.3 is 5.97 Å². The van der Waals surface area contributed by atoms with Crippen molar-refractivity contribution in [3.63, 3.8) is 0 Å². The number of benzene rings is 1. The minimum Gasteiger partial charge on any atom is -0.480 e. The number of nitrogens with zero attached hydrogens (tertiary/aromatic N) is 1. The summed E-state index contributed by atoms with van der Waals surface area (Å²) in [6.07, 6.45) is 2.04. The van der Waals surface area contributed by atoms with Crippen molar-refractivity contribution in [2.75, 3.05) is 13.1 Å². The predicted octanol–water partition coefficient (Wildman–Crippen LogP) is 2.51. The van der Waals surface area contributed by atoms with Crippen molar-refractivity contribution in [1.82, 2.24) is 10.2 Å². The summed E-state index contributed by atoms with van der Waals surface area (Å²) in [6.45, 7) is 6.57. The van der Waals surface area contributed by atoms with Crippen LogP contribution in [-0.2, 0) is 16.1 Å². The van der Waals surface area contributed by atoms with Crippen LogP contribution < -0.4 is 5.32 Å². The summed E-state index contributed by atoms with van der Waals surface area (Å²) >= 11 is 0. The van der Waals surface area contributed by atoms with Gasteiger partial charge in [0.15, 0.2) is 0 Å². The molecule has 1 fully saturated rings. The maximum absolute atomic E-state index is 12.4. The zero-order valence-electron chi connectivity index (χ0n) is 14.6. The molecule has 1 heterocycles. The van der Waals surface area contributed by atoms with Crippen LogP contribution in [0.1, 0.15) is 38.7 Å². The Kier molecular flexibility index (Phi) is 6.79.